The normalized spacial score (nSPS) is 18.3. The molecule has 0 radical (unpaired) electrons. The third-order valence-electron chi connectivity index (χ3n) is 3.95. The molecular formula is C17H27NO. The van der Waals surface area contributed by atoms with Gasteiger partial charge >= 0.3 is 0 Å². The SMILES string of the molecule is CNCCCCCCOC1CCCc2ccccc21. The first-order chi connectivity index (χ1) is 9.42. The van der Waals surface area contributed by atoms with Gasteiger partial charge in [0, 0.05) is 6.61 Å². The van der Waals surface area contributed by atoms with Gasteiger partial charge in [0.2, 0.25) is 0 Å². The Morgan fingerprint density at radius 1 is 1.16 bits per heavy atom. The van der Waals surface area contributed by atoms with Gasteiger partial charge in [0.1, 0.15) is 0 Å². The highest BCUT2D eigenvalue weighted by molar-refractivity contribution is 5.31. The van der Waals surface area contributed by atoms with Crippen LogP contribution in [0.2, 0.25) is 0 Å². The number of fused-ring (bicyclic) bond motifs is 1. The molecule has 1 atom stereocenters. The van der Waals surface area contributed by atoms with Gasteiger partial charge in [-0.05, 0) is 56.8 Å². The first-order valence-corrected chi connectivity index (χ1v) is 7.76. The van der Waals surface area contributed by atoms with Crippen molar-refractivity contribution in [3.05, 3.63) is 35.4 Å². The molecule has 1 unspecified atom stereocenters. The highest BCUT2D eigenvalue weighted by atomic mass is 16.5. The first-order valence-electron chi connectivity index (χ1n) is 7.76. The molecule has 0 saturated heterocycles. The lowest BCUT2D eigenvalue weighted by Gasteiger charge is -2.25. The summed E-state index contributed by atoms with van der Waals surface area (Å²) in [5.41, 5.74) is 2.93. The van der Waals surface area contributed by atoms with Gasteiger partial charge in [-0.25, -0.2) is 0 Å². The molecule has 1 aromatic rings. The zero-order valence-corrected chi connectivity index (χ0v) is 12.2. The number of hydrogen-bond donors (Lipinski definition) is 1. The van der Waals surface area contributed by atoms with Crippen LogP contribution >= 0.6 is 0 Å². The Kier molecular flexibility index (Phi) is 6.38. The number of nitrogens with one attached hydrogen (secondary N) is 1. The summed E-state index contributed by atoms with van der Waals surface area (Å²) < 4.78 is 6.10. The highest BCUT2D eigenvalue weighted by Crippen LogP contribution is 2.32. The van der Waals surface area contributed by atoms with Crippen LogP contribution in [0.5, 0.6) is 0 Å². The fourth-order valence-electron chi connectivity index (χ4n) is 2.87. The average Bonchev–Trinajstić information content (AvgIpc) is 2.46. The lowest BCUT2D eigenvalue weighted by molar-refractivity contribution is 0.0382. The lowest BCUT2D eigenvalue weighted by Crippen LogP contribution is -2.13. The van der Waals surface area contributed by atoms with Crippen molar-refractivity contribution in [1.29, 1.82) is 0 Å². The van der Waals surface area contributed by atoms with Crippen molar-refractivity contribution in [1.82, 2.24) is 5.32 Å². The highest BCUT2D eigenvalue weighted by Gasteiger charge is 2.19. The Bertz CT molecular complexity index is 364. The quantitative estimate of drug-likeness (QED) is 0.717. The van der Waals surface area contributed by atoms with E-state index in [9.17, 15) is 0 Å². The van der Waals surface area contributed by atoms with E-state index in [1.807, 2.05) is 7.05 Å². The molecule has 0 bridgehead atoms. The van der Waals surface area contributed by atoms with E-state index in [0.29, 0.717) is 6.10 Å². The molecule has 2 heteroatoms. The van der Waals surface area contributed by atoms with E-state index in [1.165, 1.54) is 56.1 Å². The minimum Gasteiger partial charge on any atom is -0.374 e. The molecule has 1 aromatic carbocycles. The number of ether oxygens (including phenoxy) is 1. The molecule has 106 valence electrons. The molecule has 2 rings (SSSR count). The van der Waals surface area contributed by atoms with Crippen LogP contribution < -0.4 is 5.32 Å². The van der Waals surface area contributed by atoms with Gasteiger partial charge in [-0.1, -0.05) is 37.1 Å². The minimum absolute atomic E-state index is 0.349. The molecule has 0 aliphatic heterocycles. The molecule has 2 nitrogen and oxygen atoms in total. The van der Waals surface area contributed by atoms with Gasteiger partial charge in [-0.2, -0.15) is 0 Å². The summed E-state index contributed by atoms with van der Waals surface area (Å²) in [5, 5.41) is 3.19. The van der Waals surface area contributed by atoms with Gasteiger partial charge in [0.25, 0.3) is 0 Å². The predicted octanol–water partition coefficient (Wildman–Crippen LogP) is 3.86. The van der Waals surface area contributed by atoms with Gasteiger partial charge in [0.15, 0.2) is 0 Å². The third-order valence-corrected chi connectivity index (χ3v) is 3.95. The predicted molar refractivity (Wildman–Crippen MR) is 80.5 cm³/mol. The van der Waals surface area contributed by atoms with Crippen molar-refractivity contribution in [2.24, 2.45) is 0 Å². The molecule has 0 heterocycles. The molecule has 19 heavy (non-hydrogen) atoms. The molecule has 1 aliphatic rings. The molecule has 0 fully saturated rings. The van der Waals surface area contributed by atoms with E-state index >= 15 is 0 Å². The fourth-order valence-corrected chi connectivity index (χ4v) is 2.87. The number of rotatable bonds is 8. The van der Waals surface area contributed by atoms with E-state index in [2.05, 4.69) is 29.6 Å². The monoisotopic (exact) mass is 261 g/mol. The van der Waals surface area contributed by atoms with Gasteiger partial charge in [-0.15, -0.1) is 0 Å². The molecule has 0 saturated carbocycles. The van der Waals surface area contributed by atoms with Crippen molar-refractivity contribution in [2.45, 2.75) is 51.0 Å². The first kappa shape index (κ1) is 14.5. The van der Waals surface area contributed by atoms with Crippen molar-refractivity contribution >= 4 is 0 Å². The summed E-state index contributed by atoms with van der Waals surface area (Å²) in [6.07, 6.45) is 9.11. The second-order valence-electron chi connectivity index (χ2n) is 5.47. The fraction of sp³-hybridized carbons (Fsp3) is 0.647. The van der Waals surface area contributed by atoms with Crippen LogP contribution in [0.25, 0.3) is 0 Å². The van der Waals surface area contributed by atoms with Crippen LogP contribution in [-0.4, -0.2) is 20.2 Å². The Morgan fingerprint density at radius 2 is 2.00 bits per heavy atom. The van der Waals surface area contributed by atoms with E-state index in [1.54, 1.807) is 0 Å². The van der Waals surface area contributed by atoms with E-state index < -0.39 is 0 Å². The second kappa shape index (κ2) is 8.34. The summed E-state index contributed by atoms with van der Waals surface area (Å²) >= 11 is 0. The number of benzene rings is 1. The summed E-state index contributed by atoms with van der Waals surface area (Å²) in [4.78, 5) is 0. The third kappa shape index (κ3) is 4.63. The number of hydrogen-bond acceptors (Lipinski definition) is 2. The average molecular weight is 261 g/mol. The summed E-state index contributed by atoms with van der Waals surface area (Å²) in [7, 11) is 2.02. The van der Waals surface area contributed by atoms with Crippen LogP contribution in [0.4, 0.5) is 0 Å². The van der Waals surface area contributed by atoms with Crippen LogP contribution in [0.1, 0.15) is 55.8 Å². The maximum absolute atomic E-state index is 6.10. The lowest BCUT2D eigenvalue weighted by atomic mass is 9.89. The Balaban J connectivity index is 1.67. The number of aryl methyl sites for hydroxylation is 1. The van der Waals surface area contributed by atoms with E-state index in [0.717, 1.165) is 13.2 Å². The molecular weight excluding hydrogens is 234 g/mol. The molecule has 1 N–H and O–H groups in total. The molecule has 0 spiro atoms. The van der Waals surface area contributed by atoms with Crippen molar-refractivity contribution in [3.63, 3.8) is 0 Å². The smallest absolute Gasteiger partial charge is 0.0827 e. The van der Waals surface area contributed by atoms with Crippen LogP contribution in [0.3, 0.4) is 0 Å². The summed E-state index contributed by atoms with van der Waals surface area (Å²) in [5.74, 6) is 0. The van der Waals surface area contributed by atoms with Crippen LogP contribution in [-0.2, 0) is 11.2 Å². The second-order valence-corrected chi connectivity index (χ2v) is 5.47. The van der Waals surface area contributed by atoms with Gasteiger partial charge in [0.05, 0.1) is 6.10 Å². The van der Waals surface area contributed by atoms with Crippen molar-refractivity contribution < 1.29 is 4.74 Å². The zero-order valence-electron chi connectivity index (χ0n) is 12.2. The van der Waals surface area contributed by atoms with Crippen LogP contribution in [0.15, 0.2) is 24.3 Å². The minimum atomic E-state index is 0.349. The summed E-state index contributed by atoms with van der Waals surface area (Å²) in [6.45, 7) is 2.05. The topological polar surface area (TPSA) is 21.3 Å². The van der Waals surface area contributed by atoms with Crippen LogP contribution in [0, 0.1) is 0 Å². The molecule has 0 aromatic heterocycles. The van der Waals surface area contributed by atoms with Gasteiger partial charge in [-0.3, -0.25) is 0 Å². The Hall–Kier alpha value is -0.860. The zero-order chi connectivity index (χ0) is 13.3. The Labute approximate surface area is 117 Å². The van der Waals surface area contributed by atoms with E-state index in [-0.39, 0.29) is 0 Å². The Morgan fingerprint density at radius 3 is 2.89 bits per heavy atom. The van der Waals surface area contributed by atoms with E-state index in [4.69, 9.17) is 4.74 Å². The summed E-state index contributed by atoms with van der Waals surface area (Å²) in [6, 6.07) is 8.77. The maximum Gasteiger partial charge on any atom is 0.0827 e. The van der Waals surface area contributed by atoms with Gasteiger partial charge < -0.3 is 10.1 Å². The van der Waals surface area contributed by atoms with Crippen molar-refractivity contribution in [2.75, 3.05) is 20.2 Å². The number of unbranched alkanes of at least 4 members (excludes halogenated alkanes) is 3. The standard InChI is InChI=1S/C17H27NO/c1-18-13-6-2-3-7-14-19-17-12-8-10-15-9-4-5-11-16(15)17/h4-5,9,11,17-18H,2-3,6-8,10,12-14H2,1H3. The maximum atomic E-state index is 6.10. The largest absolute Gasteiger partial charge is 0.374 e. The van der Waals surface area contributed by atoms with Crippen molar-refractivity contribution in [3.8, 4) is 0 Å². The molecule has 1 aliphatic carbocycles. The molecule has 0 amide bonds.